The molecule has 0 fully saturated rings. The van der Waals surface area contributed by atoms with Gasteiger partial charge in [0.15, 0.2) is 0 Å². The zero-order valence-electron chi connectivity index (χ0n) is 13.9. The molecule has 4 nitrogen and oxygen atoms in total. The Balaban J connectivity index is 0.00000264. The molecule has 1 aromatic heterocycles. The molecule has 0 aliphatic rings. The van der Waals surface area contributed by atoms with Gasteiger partial charge in [-0.15, -0.1) is 23.7 Å². The number of benzene rings is 1. The molecule has 2 rings (SSSR count). The first-order valence-corrected chi connectivity index (χ1v) is 8.32. The van der Waals surface area contributed by atoms with Gasteiger partial charge in [-0.25, -0.2) is 4.98 Å². The van der Waals surface area contributed by atoms with Gasteiger partial charge in [0.2, 0.25) is 5.91 Å². The van der Waals surface area contributed by atoms with E-state index in [1.54, 1.807) is 11.3 Å². The van der Waals surface area contributed by atoms with Gasteiger partial charge in [-0.1, -0.05) is 37.3 Å². The lowest BCUT2D eigenvalue weighted by Gasteiger charge is -2.16. The summed E-state index contributed by atoms with van der Waals surface area (Å²) in [7, 11) is 1.85. The Morgan fingerprint density at radius 3 is 2.52 bits per heavy atom. The molecule has 1 amide bonds. The average molecular weight is 354 g/mol. The third-order valence-electron chi connectivity index (χ3n) is 3.56. The van der Waals surface area contributed by atoms with Gasteiger partial charge in [0.1, 0.15) is 5.01 Å². The number of hydrogen-bond acceptors (Lipinski definition) is 4. The third kappa shape index (κ3) is 5.03. The van der Waals surface area contributed by atoms with Crippen molar-refractivity contribution in [3.8, 4) is 10.6 Å². The smallest absolute Gasteiger partial charge is 0.224 e. The van der Waals surface area contributed by atoms with Crippen LogP contribution in [0.2, 0.25) is 0 Å². The number of nitrogens with one attached hydrogen (secondary N) is 2. The topological polar surface area (TPSA) is 54.0 Å². The summed E-state index contributed by atoms with van der Waals surface area (Å²) in [6, 6.07) is 10.1. The van der Waals surface area contributed by atoms with E-state index in [0.717, 1.165) is 21.1 Å². The molecule has 2 aromatic rings. The summed E-state index contributed by atoms with van der Waals surface area (Å²) < 4.78 is 0. The Kier molecular flexibility index (Phi) is 7.68. The van der Waals surface area contributed by atoms with Gasteiger partial charge in [-0.05, 0) is 20.9 Å². The van der Waals surface area contributed by atoms with Crippen LogP contribution in [-0.4, -0.2) is 24.5 Å². The van der Waals surface area contributed by atoms with Gasteiger partial charge < -0.3 is 10.6 Å². The van der Waals surface area contributed by atoms with Gasteiger partial charge in [0.25, 0.3) is 0 Å². The molecule has 6 heteroatoms. The van der Waals surface area contributed by atoms with Crippen molar-refractivity contribution in [3.05, 3.63) is 40.9 Å². The molecular formula is C17H24ClN3OS. The average Bonchev–Trinajstić information content (AvgIpc) is 2.90. The van der Waals surface area contributed by atoms with Gasteiger partial charge in [0.05, 0.1) is 16.6 Å². The van der Waals surface area contributed by atoms with Crippen LogP contribution in [0.1, 0.15) is 30.5 Å². The van der Waals surface area contributed by atoms with Crippen molar-refractivity contribution in [3.63, 3.8) is 0 Å². The number of thiazole rings is 1. The number of carbonyl (C=O) groups is 1. The first-order valence-electron chi connectivity index (χ1n) is 7.50. The SMILES string of the molecule is CNCC(C)C(=O)NC(C)c1sc(-c2ccccc2)nc1C.Cl. The normalized spacial score (nSPS) is 13.0. The fourth-order valence-electron chi connectivity index (χ4n) is 2.33. The summed E-state index contributed by atoms with van der Waals surface area (Å²) >= 11 is 1.65. The molecule has 1 aromatic carbocycles. The van der Waals surface area contributed by atoms with E-state index in [1.807, 2.05) is 46.0 Å². The van der Waals surface area contributed by atoms with E-state index in [1.165, 1.54) is 0 Å². The zero-order valence-corrected chi connectivity index (χ0v) is 15.6. The third-order valence-corrected chi connectivity index (χ3v) is 4.95. The van der Waals surface area contributed by atoms with Crippen molar-refractivity contribution in [2.45, 2.75) is 26.8 Å². The molecule has 2 atom stereocenters. The number of halogens is 1. The number of carbonyl (C=O) groups excluding carboxylic acids is 1. The van der Waals surface area contributed by atoms with Crippen LogP contribution < -0.4 is 10.6 Å². The number of aromatic nitrogens is 1. The van der Waals surface area contributed by atoms with Crippen LogP contribution in [0.4, 0.5) is 0 Å². The van der Waals surface area contributed by atoms with Gasteiger partial charge in [0, 0.05) is 18.0 Å². The summed E-state index contributed by atoms with van der Waals surface area (Å²) in [5, 5.41) is 7.10. The number of aryl methyl sites for hydroxylation is 1. The van der Waals surface area contributed by atoms with Crippen LogP contribution in [0.3, 0.4) is 0 Å². The maximum absolute atomic E-state index is 12.1. The zero-order chi connectivity index (χ0) is 16.1. The minimum absolute atomic E-state index is 0. The number of nitrogens with zero attached hydrogens (tertiary/aromatic N) is 1. The van der Waals surface area contributed by atoms with E-state index in [-0.39, 0.29) is 30.3 Å². The summed E-state index contributed by atoms with van der Waals surface area (Å²) in [6.45, 7) is 6.61. The monoisotopic (exact) mass is 353 g/mol. The number of hydrogen-bond donors (Lipinski definition) is 2. The van der Waals surface area contributed by atoms with Crippen molar-refractivity contribution in [1.29, 1.82) is 0 Å². The van der Waals surface area contributed by atoms with Crippen LogP contribution in [0.25, 0.3) is 10.6 Å². The van der Waals surface area contributed by atoms with E-state index in [2.05, 4.69) is 27.8 Å². The second-order valence-corrected chi connectivity index (χ2v) is 6.55. The molecule has 0 aliphatic heterocycles. The summed E-state index contributed by atoms with van der Waals surface area (Å²) in [6.07, 6.45) is 0. The Morgan fingerprint density at radius 2 is 1.91 bits per heavy atom. The molecule has 0 radical (unpaired) electrons. The van der Waals surface area contributed by atoms with Crippen molar-refractivity contribution >= 4 is 29.7 Å². The van der Waals surface area contributed by atoms with Gasteiger partial charge >= 0.3 is 0 Å². The summed E-state index contributed by atoms with van der Waals surface area (Å²) in [5.41, 5.74) is 2.10. The quantitative estimate of drug-likeness (QED) is 0.834. The molecule has 1 heterocycles. The predicted molar refractivity (Wildman–Crippen MR) is 99.2 cm³/mol. The van der Waals surface area contributed by atoms with Crippen molar-refractivity contribution in [2.24, 2.45) is 5.92 Å². The van der Waals surface area contributed by atoms with E-state index < -0.39 is 0 Å². The first-order chi connectivity index (χ1) is 10.5. The Bertz CT molecular complexity index is 630. The Morgan fingerprint density at radius 1 is 1.26 bits per heavy atom. The van der Waals surface area contributed by atoms with Crippen LogP contribution >= 0.6 is 23.7 Å². The maximum atomic E-state index is 12.1. The first kappa shape index (κ1) is 19.6. The second kappa shape index (κ2) is 9.01. The fraction of sp³-hybridized carbons (Fsp3) is 0.412. The molecule has 0 aliphatic carbocycles. The lowest BCUT2D eigenvalue weighted by atomic mass is 10.1. The highest BCUT2D eigenvalue weighted by molar-refractivity contribution is 7.15. The highest BCUT2D eigenvalue weighted by Gasteiger charge is 2.19. The van der Waals surface area contributed by atoms with Gasteiger partial charge in [-0.2, -0.15) is 0 Å². The largest absolute Gasteiger partial charge is 0.348 e. The van der Waals surface area contributed by atoms with Gasteiger partial charge in [-0.3, -0.25) is 4.79 Å². The van der Waals surface area contributed by atoms with E-state index in [4.69, 9.17) is 0 Å². The molecule has 126 valence electrons. The molecule has 2 N–H and O–H groups in total. The van der Waals surface area contributed by atoms with Crippen LogP contribution in [-0.2, 0) is 4.79 Å². The Labute approximate surface area is 148 Å². The number of amides is 1. The van der Waals surface area contributed by atoms with Crippen LogP contribution in [0.15, 0.2) is 30.3 Å². The molecule has 0 saturated carbocycles. The fourth-order valence-corrected chi connectivity index (χ4v) is 3.41. The van der Waals surface area contributed by atoms with Crippen LogP contribution in [0.5, 0.6) is 0 Å². The number of rotatable bonds is 6. The highest BCUT2D eigenvalue weighted by Crippen LogP contribution is 2.31. The standard InChI is InChI=1S/C17H23N3OS.ClH/c1-11(10-18-4)16(21)19-12(2)15-13(3)20-17(22-15)14-8-6-5-7-9-14;/h5-9,11-12,18H,10H2,1-4H3,(H,19,21);1H. The van der Waals surface area contributed by atoms with Crippen molar-refractivity contribution in [2.75, 3.05) is 13.6 Å². The minimum Gasteiger partial charge on any atom is -0.348 e. The van der Waals surface area contributed by atoms with E-state index in [9.17, 15) is 4.79 Å². The molecule has 0 spiro atoms. The molecule has 23 heavy (non-hydrogen) atoms. The predicted octanol–water partition coefficient (Wildman–Crippen LogP) is 3.57. The summed E-state index contributed by atoms with van der Waals surface area (Å²) in [5.74, 6) is 0.0187. The minimum atomic E-state index is -0.0470. The van der Waals surface area contributed by atoms with Crippen LogP contribution in [0, 0.1) is 12.8 Å². The maximum Gasteiger partial charge on any atom is 0.224 e. The van der Waals surface area contributed by atoms with E-state index in [0.29, 0.717) is 6.54 Å². The second-order valence-electron chi connectivity index (χ2n) is 5.52. The van der Waals surface area contributed by atoms with Crippen molar-refractivity contribution < 1.29 is 4.79 Å². The van der Waals surface area contributed by atoms with Crippen molar-refractivity contribution in [1.82, 2.24) is 15.6 Å². The van der Waals surface area contributed by atoms with E-state index >= 15 is 0 Å². The molecule has 2 unspecified atom stereocenters. The molecule has 0 bridgehead atoms. The molecular weight excluding hydrogens is 330 g/mol. The molecule has 0 saturated heterocycles. The Hall–Kier alpha value is -1.43. The lowest BCUT2D eigenvalue weighted by Crippen LogP contribution is -2.35. The lowest BCUT2D eigenvalue weighted by molar-refractivity contribution is -0.125. The summed E-state index contributed by atoms with van der Waals surface area (Å²) in [4.78, 5) is 17.9. The highest BCUT2D eigenvalue weighted by atomic mass is 35.5.